The number of benzene rings is 1. The Hall–Kier alpha value is -2.11. The summed E-state index contributed by atoms with van der Waals surface area (Å²) in [5.74, 6) is 0.248. The smallest absolute Gasteiger partial charge is 0.272 e. The molecule has 1 aromatic rings. The van der Waals surface area contributed by atoms with Gasteiger partial charge in [-0.3, -0.25) is 14.9 Å². The summed E-state index contributed by atoms with van der Waals surface area (Å²) in [6.45, 7) is 4.11. The Morgan fingerprint density at radius 2 is 2.22 bits per heavy atom. The Labute approximate surface area is 105 Å². The van der Waals surface area contributed by atoms with Gasteiger partial charge in [-0.05, 0) is 25.5 Å². The first-order valence-corrected chi connectivity index (χ1v) is 5.69. The van der Waals surface area contributed by atoms with Crippen LogP contribution in [0.15, 0.2) is 18.2 Å². The number of carbonyl (C=O) groups is 1. The van der Waals surface area contributed by atoms with Crippen molar-refractivity contribution in [3.63, 3.8) is 0 Å². The van der Waals surface area contributed by atoms with Gasteiger partial charge < -0.3 is 10.1 Å². The number of amides is 1. The van der Waals surface area contributed by atoms with Crippen molar-refractivity contribution in [2.24, 2.45) is 0 Å². The molecule has 0 aliphatic carbocycles. The van der Waals surface area contributed by atoms with Crippen molar-refractivity contribution >= 4 is 11.6 Å². The van der Waals surface area contributed by atoms with Crippen LogP contribution in [0.25, 0.3) is 0 Å². The van der Waals surface area contributed by atoms with E-state index in [-0.39, 0.29) is 18.2 Å². The number of aryl methyl sites for hydroxylation is 1. The lowest BCUT2D eigenvalue weighted by Gasteiger charge is -2.07. The summed E-state index contributed by atoms with van der Waals surface area (Å²) in [5, 5.41) is 13.3. The molecular weight excluding hydrogens is 236 g/mol. The third-order valence-electron chi connectivity index (χ3n) is 2.31. The summed E-state index contributed by atoms with van der Waals surface area (Å²) in [5.41, 5.74) is 0.546. The number of nitrogens with one attached hydrogen (secondary N) is 1. The highest BCUT2D eigenvalue weighted by Gasteiger charge is 2.11. The van der Waals surface area contributed by atoms with Crippen LogP contribution >= 0.6 is 0 Å². The van der Waals surface area contributed by atoms with Gasteiger partial charge in [0, 0.05) is 18.2 Å². The molecule has 98 valence electrons. The van der Waals surface area contributed by atoms with E-state index in [2.05, 4.69) is 5.32 Å². The third kappa shape index (κ3) is 4.04. The standard InChI is InChI=1S/C12H16N2O4/c1-3-6-13-12(15)8-18-10-4-5-11(14(16)17)9(2)7-10/h4-5,7H,3,6,8H2,1-2H3,(H,13,15). The second-order valence-corrected chi connectivity index (χ2v) is 3.84. The molecule has 1 aromatic carbocycles. The zero-order chi connectivity index (χ0) is 13.5. The number of nitrogens with zero attached hydrogens (tertiary/aromatic N) is 1. The third-order valence-corrected chi connectivity index (χ3v) is 2.31. The predicted octanol–water partition coefficient (Wildman–Crippen LogP) is 1.81. The minimum atomic E-state index is -0.451. The Morgan fingerprint density at radius 1 is 1.50 bits per heavy atom. The van der Waals surface area contributed by atoms with E-state index in [1.807, 2.05) is 6.92 Å². The largest absolute Gasteiger partial charge is 0.484 e. The molecule has 1 rings (SSSR count). The van der Waals surface area contributed by atoms with E-state index in [9.17, 15) is 14.9 Å². The fourth-order valence-corrected chi connectivity index (χ4v) is 1.39. The van der Waals surface area contributed by atoms with Gasteiger partial charge in [-0.1, -0.05) is 6.92 Å². The Kier molecular flexibility index (Phi) is 5.10. The molecule has 1 amide bonds. The van der Waals surface area contributed by atoms with E-state index in [0.717, 1.165) is 6.42 Å². The number of hydrogen-bond acceptors (Lipinski definition) is 4. The van der Waals surface area contributed by atoms with Crippen molar-refractivity contribution in [1.82, 2.24) is 5.32 Å². The maximum Gasteiger partial charge on any atom is 0.272 e. The molecule has 6 heteroatoms. The summed E-state index contributed by atoms with van der Waals surface area (Å²) < 4.78 is 5.25. The molecule has 0 saturated carbocycles. The van der Waals surface area contributed by atoms with Gasteiger partial charge in [0.1, 0.15) is 5.75 Å². The SMILES string of the molecule is CCCNC(=O)COc1ccc([N+](=O)[O-])c(C)c1. The molecule has 0 aromatic heterocycles. The van der Waals surface area contributed by atoms with Crippen LogP contribution in [0.1, 0.15) is 18.9 Å². The zero-order valence-corrected chi connectivity index (χ0v) is 10.4. The van der Waals surface area contributed by atoms with Crippen molar-refractivity contribution in [3.8, 4) is 5.75 Å². The molecule has 0 atom stereocenters. The molecule has 0 fully saturated rings. The van der Waals surface area contributed by atoms with Crippen molar-refractivity contribution in [2.45, 2.75) is 20.3 Å². The van der Waals surface area contributed by atoms with Gasteiger partial charge >= 0.3 is 0 Å². The first kappa shape index (κ1) is 14.0. The van der Waals surface area contributed by atoms with Crippen molar-refractivity contribution in [3.05, 3.63) is 33.9 Å². The maximum absolute atomic E-state index is 11.3. The van der Waals surface area contributed by atoms with E-state index in [0.29, 0.717) is 17.9 Å². The lowest BCUT2D eigenvalue weighted by atomic mass is 10.2. The average Bonchev–Trinajstić information content (AvgIpc) is 2.33. The summed E-state index contributed by atoms with van der Waals surface area (Å²) in [6, 6.07) is 4.40. The number of rotatable bonds is 6. The van der Waals surface area contributed by atoms with E-state index in [1.54, 1.807) is 13.0 Å². The van der Waals surface area contributed by atoms with Crippen LogP contribution in [0.4, 0.5) is 5.69 Å². The van der Waals surface area contributed by atoms with Crippen molar-refractivity contribution in [2.75, 3.05) is 13.2 Å². The fraction of sp³-hybridized carbons (Fsp3) is 0.417. The molecule has 0 aliphatic rings. The van der Waals surface area contributed by atoms with Gasteiger partial charge in [-0.2, -0.15) is 0 Å². The Bertz CT molecular complexity index is 446. The normalized spacial score (nSPS) is 9.89. The Balaban J connectivity index is 2.56. The van der Waals surface area contributed by atoms with Gasteiger partial charge in [0.15, 0.2) is 6.61 Å². The lowest BCUT2D eigenvalue weighted by molar-refractivity contribution is -0.385. The number of hydrogen-bond donors (Lipinski definition) is 1. The van der Waals surface area contributed by atoms with E-state index < -0.39 is 4.92 Å². The highest BCUT2D eigenvalue weighted by Crippen LogP contribution is 2.22. The van der Waals surface area contributed by atoms with Crippen LogP contribution in [0.5, 0.6) is 5.75 Å². The van der Waals surface area contributed by atoms with Crippen LogP contribution in [0.3, 0.4) is 0 Å². The van der Waals surface area contributed by atoms with Gasteiger partial charge in [0.25, 0.3) is 11.6 Å². The molecule has 0 bridgehead atoms. The minimum Gasteiger partial charge on any atom is -0.484 e. The number of nitro groups is 1. The average molecular weight is 252 g/mol. The molecule has 18 heavy (non-hydrogen) atoms. The second kappa shape index (κ2) is 6.58. The van der Waals surface area contributed by atoms with Crippen LogP contribution in [-0.4, -0.2) is 24.0 Å². The van der Waals surface area contributed by atoms with E-state index in [1.165, 1.54) is 12.1 Å². The highest BCUT2D eigenvalue weighted by molar-refractivity contribution is 5.77. The molecule has 0 heterocycles. The van der Waals surface area contributed by atoms with Crippen molar-refractivity contribution < 1.29 is 14.5 Å². The fourth-order valence-electron chi connectivity index (χ4n) is 1.39. The first-order valence-electron chi connectivity index (χ1n) is 5.69. The molecular formula is C12H16N2O4. The lowest BCUT2D eigenvalue weighted by Crippen LogP contribution is -2.29. The maximum atomic E-state index is 11.3. The monoisotopic (exact) mass is 252 g/mol. The van der Waals surface area contributed by atoms with Gasteiger partial charge in [-0.25, -0.2) is 0 Å². The van der Waals surface area contributed by atoms with Crippen molar-refractivity contribution in [1.29, 1.82) is 0 Å². The van der Waals surface area contributed by atoms with Crippen LogP contribution < -0.4 is 10.1 Å². The van der Waals surface area contributed by atoms with Crippen LogP contribution in [-0.2, 0) is 4.79 Å². The van der Waals surface area contributed by atoms with Gasteiger partial charge in [0.05, 0.1) is 4.92 Å². The number of ether oxygens (including phenoxy) is 1. The predicted molar refractivity (Wildman–Crippen MR) is 66.6 cm³/mol. The summed E-state index contributed by atoms with van der Waals surface area (Å²) in [4.78, 5) is 21.5. The first-order chi connectivity index (χ1) is 8.54. The molecule has 0 radical (unpaired) electrons. The van der Waals surface area contributed by atoms with Gasteiger partial charge in [-0.15, -0.1) is 0 Å². The quantitative estimate of drug-likeness (QED) is 0.618. The molecule has 0 spiro atoms. The second-order valence-electron chi connectivity index (χ2n) is 3.84. The minimum absolute atomic E-state index is 0.0396. The highest BCUT2D eigenvalue weighted by atomic mass is 16.6. The topological polar surface area (TPSA) is 81.5 Å². The molecule has 0 aliphatic heterocycles. The van der Waals surface area contributed by atoms with Crippen LogP contribution in [0, 0.1) is 17.0 Å². The summed E-state index contributed by atoms with van der Waals surface area (Å²) in [7, 11) is 0. The molecule has 0 saturated heterocycles. The molecule has 0 unspecified atom stereocenters. The van der Waals surface area contributed by atoms with E-state index >= 15 is 0 Å². The molecule has 6 nitrogen and oxygen atoms in total. The summed E-state index contributed by atoms with van der Waals surface area (Å²) in [6.07, 6.45) is 0.863. The molecule has 1 N–H and O–H groups in total. The number of carbonyl (C=O) groups excluding carboxylic acids is 1. The number of nitro benzene ring substituents is 1. The zero-order valence-electron chi connectivity index (χ0n) is 10.4. The van der Waals surface area contributed by atoms with Gasteiger partial charge in [0.2, 0.25) is 0 Å². The Morgan fingerprint density at radius 3 is 2.78 bits per heavy atom. The summed E-state index contributed by atoms with van der Waals surface area (Å²) >= 11 is 0. The van der Waals surface area contributed by atoms with Crippen LogP contribution in [0.2, 0.25) is 0 Å². The van der Waals surface area contributed by atoms with E-state index in [4.69, 9.17) is 4.74 Å².